The molecule has 7 nitrogen and oxygen atoms in total. The minimum absolute atomic E-state index is 0.301. The molecule has 3 rings (SSSR count). The highest BCUT2D eigenvalue weighted by Gasteiger charge is 2.33. The van der Waals surface area contributed by atoms with Crippen molar-refractivity contribution in [2.75, 3.05) is 12.0 Å². The number of carbonyl (C=O) groups is 1. The Balaban J connectivity index is 1.84. The number of ether oxygens (including phenoxy) is 1. The molecule has 7 heteroatoms. The number of rotatable bonds is 5. The highest BCUT2D eigenvalue weighted by atomic mass is 16.5. The molecular weight excluding hydrogens is 296 g/mol. The van der Waals surface area contributed by atoms with Crippen LogP contribution < -0.4 is 15.3 Å². The van der Waals surface area contributed by atoms with Gasteiger partial charge in [-0.2, -0.15) is 9.67 Å². The fourth-order valence-corrected chi connectivity index (χ4v) is 2.57. The largest absolute Gasteiger partial charge is 0.497 e. The van der Waals surface area contributed by atoms with Crippen molar-refractivity contribution in [3.8, 4) is 5.75 Å². The van der Waals surface area contributed by atoms with Crippen molar-refractivity contribution in [3.05, 3.63) is 40.6 Å². The lowest BCUT2D eigenvalue weighted by Crippen LogP contribution is -2.35. The van der Waals surface area contributed by atoms with Gasteiger partial charge >= 0.3 is 11.7 Å². The van der Waals surface area contributed by atoms with Gasteiger partial charge in [-0.05, 0) is 36.6 Å². The van der Waals surface area contributed by atoms with Gasteiger partial charge in [-0.3, -0.25) is 4.90 Å². The normalized spacial score (nSPS) is 13.7. The smallest absolute Gasteiger partial charge is 0.354 e. The SMILES string of the molecule is COc1ccc(N2Cc3nn(CCC(C)C)c(=O)n3C2=O)cc1. The van der Waals surface area contributed by atoms with Gasteiger partial charge < -0.3 is 4.74 Å². The van der Waals surface area contributed by atoms with E-state index < -0.39 is 0 Å². The second-order valence-corrected chi connectivity index (χ2v) is 6.01. The van der Waals surface area contributed by atoms with Crippen LogP contribution in [0.4, 0.5) is 10.5 Å². The Hall–Kier alpha value is -2.57. The van der Waals surface area contributed by atoms with E-state index in [1.165, 1.54) is 9.58 Å². The minimum Gasteiger partial charge on any atom is -0.497 e. The average Bonchev–Trinajstić information content (AvgIpc) is 3.03. The molecule has 0 aliphatic carbocycles. The number of carbonyl (C=O) groups excluding carboxylic acids is 1. The van der Waals surface area contributed by atoms with E-state index >= 15 is 0 Å². The van der Waals surface area contributed by atoms with Gasteiger partial charge in [0.25, 0.3) is 0 Å². The van der Waals surface area contributed by atoms with Crippen LogP contribution in [0.25, 0.3) is 0 Å². The van der Waals surface area contributed by atoms with Gasteiger partial charge in [-0.1, -0.05) is 13.8 Å². The number of amides is 1. The number of hydrogen-bond acceptors (Lipinski definition) is 4. The molecule has 1 aliphatic heterocycles. The summed E-state index contributed by atoms with van der Waals surface area (Å²) in [5.41, 5.74) is 0.357. The van der Waals surface area contributed by atoms with E-state index in [2.05, 4.69) is 18.9 Å². The van der Waals surface area contributed by atoms with Gasteiger partial charge in [0, 0.05) is 12.2 Å². The second-order valence-electron chi connectivity index (χ2n) is 6.01. The number of benzene rings is 1. The molecule has 0 radical (unpaired) electrons. The Morgan fingerprint density at radius 3 is 2.48 bits per heavy atom. The maximum atomic E-state index is 12.5. The van der Waals surface area contributed by atoms with Crippen LogP contribution >= 0.6 is 0 Å². The quantitative estimate of drug-likeness (QED) is 0.847. The summed E-state index contributed by atoms with van der Waals surface area (Å²) in [6, 6.07) is 6.79. The summed E-state index contributed by atoms with van der Waals surface area (Å²) in [7, 11) is 1.59. The molecule has 1 amide bonds. The van der Waals surface area contributed by atoms with E-state index in [0.717, 1.165) is 16.7 Å². The molecule has 0 bridgehead atoms. The summed E-state index contributed by atoms with van der Waals surface area (Å²) < 4.78 is 7.66. The van der Waals surface area contributed by atoms with E-state index in [1.54, 1.807) is 31.4 Å². The summed E-state index contributed by atoms with van der Waals surface area (Å²) >= 11 is 0. The predicted octanol–water partition coefficient (Wildman–Crippen LogP) is 2.09. The maximum absolute atomic E-state index is 12.5. The van der Waals surface area contributed by atoms with Crippen LogP contribution in [0.15, 0.2) is 29.1 Å². The van der Waals surface area contributed by atoms with Crippen molar-refractivity contribution in [1.29, 1.82) is 0 Å². The van der Waals surface area contributed by atoms with Gasteiger partial charge in [-0.15, -0.1) is 0 Å². The van der Waals surface area contributed by atoms with E-state index in [9.17, 15) is 9.59 Å². The predicted molar refractivity (Wildman–Crippen MR) is 85.9 cm³/mol. The Labute approximate surface area is 134 Å². The molecule has 0 N–H and O–H groups in total. The number of hydrogen-bond donors (Lipinski definition) is 0. The second kappa shape index (κ2) is 5.91. The summed E-state index contributed by atoms with van der Waals surface area (Å²) in [5, 5.41) is 4.30. The van der Waals surface area contributed by atoms with Crippen molar-refractivity contribution in [2.45, 2.75) is 33.4 Å². The van der Waals surface area contributed by atoms with Crippen LogP contribution in [0, 0.1) is 5.92 Å². The molecule has 0 saturated heterocycles. The van der Waals surface area contributed by atoms with Crippen LogP contribution in [0.5, 0.6) is 5.75 Å². The zero-order valence-electron chi connectivity index (χ0n) is 13.5. The van der Waals surface area contributed by atoms with Crippen molar-refractivity contribution in [1.82, 2.24) is 14.3 Å². The molecule has 1 aromatic carbocycles. The maximum Gasteiger partial charge on any atom is 0.354 e. The molecule has 2 heterocycles. The Kier molecular flexibility index (Phi) is 3.94. The molecule has 1 aromatic heterocycles. The van der Waals surface area contributed by atoms with Crippen molar-refractivity contribution < 1.29 is 9.53 Å². The number of fused-ring (bicyclic) bond motifs is 1. The number of nitrogens with zero attached hydrogens (tertiary/aromatic N) is 4. The fourth-order valence-electron chi connectivity index (χ4n) is 2.57. The topological polar surface area (TPSA) is 69.4 Å². The van der Waals surface area contributed by atoms with Gasteiger partial charge in [0.05, 0.1) is 13.7 Å². The highest BCUT2D eigenvalue weighted by Crippen LogP contribution is 2.24. The van der Waals surface area contributed by atoms with Crippen LogP contribution in [-0.2, 0) is 13.1 Å². The van der Waals surface area contributed by atoms with Crippen molar-refractivity contribution in [2.24, 2.45) is 5.92 Å². The Morgan fingerprint density at radius 1 is 1.22 bits per heavy atom. The molecule has 0 unspecified atom stereocenters. The lowest BCUT2D eigenvalue weighted by Gasteiger charge is -2.15. The van der Waals surface area contributed by atoms with Gasteiger partial charge in [0.2, 0.25) is 0 Å². The number of methoxy groups -OCH3 is 1. The summed E-state index contributed by atoms with van der Waals surface area (Å²) in [4.78, 5) is 26.4. The lowest BCUT2D eigenvalue weighted by molar-refractivity contribution is 0.249. The molecule has 23 heavy (non-hydrogen) atoms. The first-order valence-corrected chi connectivity index (χ1v) is 7.66. The minimum atomic E-state index is -0.360. The molecule has 0 fully saturated rings. The summed E-state index contributed by atoms with van der Waals surface area (Å²) in [5.74, 6) is 1.68. The number of anilines is 1. The molecule has 0 spiro atoms. The van der Waals surface area contributed by atoms with E-state index in [0.29, 0.717) is 30.6 Å². The molecule has 2 aromatic rings. The van der Waals surface area contributed by atoms with E-state index in [-0.39, 0.29) is 11.7 Å². The van der Waals surface area contributed by atoms with E-state index in [1.807, 2.05) is 0 Å². The summed E-state index contributed by atoms with van der Waals surface area (Å²) in [6.07, 6.45) is 0.854. The highest BCUT2D eigenvalue weighted by molar-refractivity contribution is 5.96. The van der Waals surface area contributed by atoms with Crippen molar-refractivity contribution in [3.63, 3.8) is 0 Å². The van der Waals surface area contributed by atoms with Gasteiger partial charge in [0.1, 0.15) is 5.75 Å². The monoisotopic (exact) mass is 316 g/mol. The van der Waals surface area contributed by atoms with Gasteiger partial charge in [0.15, 0.2) is 5.82 Å². The Bertz CT molecular complexity index is 774. The fraction of sp³-hybridized carbons (Fsp3) is 0.438. The zero-order valence-corrected chi connectivity index (χ0v) is 13.5. The number of aryl methyl sites for hydroxylation is 1. The third kappa shape index (κ3) is 2.74. The lowest BCUT2D eigenvalue weighted by atomic mass is 10.1. The Morgan fingerprint density at radius 2 is 1.91 bits per heavy atom. The third-order valence-corrected chi connectivity index (χ3v) is 3.93. The molecule has 0 atom stereocenters. The van der Waals surface area contributed by atoms with Crippen LogP contribution in [-0.4, -0.2) is 27.5 Å². The average molecular weight is 316 g/mol. The first-order chi connectivity index (χ1) is 11.0. The summed E-state index contributed by atoms with van der Waals surface area (Å²) in [6.45, 7) is 5.01. The molecule has 1 aliphatic rings. The van der Waals surface area contributed by atoms with E-state index in [4.69, 9.17) is 4.74 Å². The van der Waals surface area contributed by atoms with Gasteiger partial charge in [-0.25, -0.2) is 14.3 Å². The standard InChI is InChI=1S/C16H20N4O3/c1-11(2)8-9-19-16(22)20-14(17-19)10-18(15(20)21)12-4-6-13(23-3)7-5-12/h4-7,11H,8-10H2,1-3H3. The third-order valence-electron chi connectivity index (χ3n) is 3.93. The molecule has 0 saturated carbocycles. The molecule has 122 valence electrons. The first kappa shape index (κ1) is 15.3. The van der Waals surface area contributed by atoms with Crippen molar-refractivity contribution >= 4 is 11.7 Å². The molecular formula is C16H20N4O3. The number of aromatic nitrogens is 3. The zero-order chi connectivity index (χ0) is 16.6. The van der Waals surface area contributed by atoms with Crippen LogP contribution in [0.1, 0.15) is 26.1 Å². The van der Waals surface area contributed by atoms with Crippen LogP contribution in [0.3, 0.4) is 0 Å². The van der Waals surface area contributed by atoms with Crippen LogP contribution in [0.2, 0.25) is 0 Å². The first-order valence-electron chi connectivity index (χ1n) is 7.66.